The van der Waals surface area contributed by atoms with E-state index in [1.807, 2.05) is 33.2 Å². The van der Waals surface area contributed by atoms with Gasteiger partial charge in [-0.3, -0.25) is 4.79 Å². The number of H-pyrrole nitrogens is 1. The first-order chi connectivity index (χ1) is 14.0. The van der Waals surface area contributed by atoms with E-state index in [2.05, 4.69) is 62.8 Å². The number of benzene rings is 2. The molecule has 0 aliphatic carbocycles. The quantitative estimate of drug-likeness (QED) is 0.495. The van der Waals surface area contributed by atoms with Crippen LogP contribution < -0.4 is 10.2 Å². The molecule has 1 atom stereocenters. The van der Waals surface area contributed by atoms with Gasteiger partial charge in [-0.2, -0.15) is 0 Å². The summed E-state index contributed by atoms with van der Waals surface area (Å²) >= 11 is 1.41. The molecule has 0 radical (unpaired) electrons. The molecule has 1 amide bonds. The minimum Gasteiger partial charge on any atom is -0.378 e. The van der Waals surface area contributed by atoms with Crippen LogP contribution in [0.1, 0.15) is 31.7 Å². The van der Waals surface area contributed by atoms with Crippen molar-refractivity contribution in [2.24, 2.45) is 0 Å². The fourth-order valence-corrected chi connectivity index (χ4v) is 4.24. The minimum atomic E-state index is -0.0784. The number of para-hydroxylation sites is 1. The molecule has 0 bridgehead atoms. The summed E-state index contributed by atoms with van der Waals surface area (Å²) in [6.07, 6.45) is 3.69. The molecular weight excluding hydrogens is 380 g/mol. The number of carbonyl (C=O) groups is 1. The van der Waals surface area contributed by atoms with Crippen LogP contribution in [0, 0.1) is 6.92 Å². The number of amides is 1. The highest BCUT2D eigenvalue weighted by atomic mass is 32.1. The van der Waals surface area contributed by atoms with Crippen molar-refractivity contribution < 1.29 is 4.79 Å². The smallest absolute Gasteiger partial charge is 0.263 e. The van der Waals surface area contributed by atoms with Crippen LogP contribution in [0.15, 0.2) is 60.9 Å². The molecule has 0 saturated carbocycles. The van der Waals surface area contributed by atoms with E-state index < -0.39 is 0 Å². The normalized spacial score (nSPS) is 12.1. The molecule has 4 aromatic rings. The molecule has 2 heterocycles. The van der Waals surface area contributed by atoms with Crippen molar-refractivity contribution in [2.45, 2.75) is 12.8 Å². The molecule has 0 fully saturated rings. The zero-order valence-electron chi connectivity index (χ0n) is 16.8. The second-order valence-electron chi connectivity index (χ2n) is 7.28. The average Bonchev–Trinajstić information content (AvgIpc) is 3.35. The number of anilines is 1. The molecule has 0 aliphatic rings. The van der Waals surface area contributed by atoms with Crippen molar-refractivity contribution in [1.29, 1.82) is 0 Å². The van der Waals surface area contributed by atoms with Gasteiger partial charge >= 0.3 is 0 Å². The van der Waals surface area contributed by atoms with Crippen molar-refractivity contribution in [3.63, 3.8) is 0 Å². The molecule has 1 unspecified atom stereocenters. The topological polar surface area (TPSA) is 61.0 Å². The van der Waals surface area contributed by atoms with E-state index in [4.69, 9.17) is 0 Å². The summed E-state index contributed by atoms with van der Waals surface area (Å²) in [7, 11) is 4.06. The Morgan fingerprint density at radius 1 is 1.17 bits per heavy atom. The van der Waals surface area contributed by atoms with Crippen molar-refractivity contribution in [3.8, 4) is 0 Å². The summed E-state index contributed by atoms with van der Waals surface area (Å²) in [6, 6.07) is 16.8. The Balaban J connectivity index is 1.66. The number of aromatic amines is 1. The first kappa shape index (κ1) is 19.2. The number of rotatable bonds is 6. The zero-order valence-corrected chi connectivity index (χ0v) is 17.6. The van der Waals surface area contributed by atoms with Gasteiger partial charge in [0.1, 0.15) is 4.88 Å². The van der Waals surface area contributed by atoms with Gasteiger partial charge in [-0.05, 0) is 36.2 Å². The van der Waals surface area contributed by atoms with E-state index in [9.17, 15) is 4.79 Å². The molecule has 2 N–H and O–H groups in total. The maximum absolute atomic E-state index is 12.6. The summed E-state index contributed by atoms with van der Waals surface area (Å²) in [4.78, 5) is 22.9. The average molecular weight is 405 g/mol. The van der Waals surface area contributed by atoms with Crippen LogP contribution >= 0.6 is 11.3 Å². The van der Waals surface area contributed by atoms with Gasteiger partial charge in [0.2, 0.25) is 0 Å². The second-order valence-corrected chi connectivity index (χ2v) is 8.52. The monoisotopic (exact) mass is 404 g/mol. The zero-order chi connectivity index (χ0) is 20.4. The van der Waals surface area contributed by atoms with E-state index in [-0.39, 0.29) is 11.8 Å². The first-order valence-electron chi connectivity index (χ1n) is 9.57. The Morgan fingerprint density at radius 2 is 1.93 bits per heavy atom. The van der Waals surface area contributed by atoms with Gasteiger partial charge in [-0.25, -0.2) is 4.98 Å². The maximum atomic E-state index is 12.6. The third-order valence-electron chi connectivity index (χ3n) is 5.12. The molecule has 4 rings (SSSR count). The Kier molecular flexibility index (Phi) is 5.36. The summed E-state index contributed by atoms with van der Waals surface area (Å²) in [5, 5.41) is 5.18. The molecule has 6 heteroatoms. The van der Waals surface area contributed by atoms with Crippen LogP contribution in [0.3, 0.4) is 0 Å². The fraction of sp³-hybridized carbons (Fsp3) is 0.217. The molecule has 148 valence electrons. The van der Waals surface area contributed by atoms with Gasteiger partial charge < -0.3 is 15.2 Å². The van der Waals surface area contributed by atoms with Crippen molar-refractivity contribution in [1.82, 2.24) is 15.3 Å². The Morgan fingerprint density at radius 3 is 2.62 bits per heavy atom. The molecule has 29 heavy (non-hydrogen) atoms. The predicted molar refractivity (Wildman–Crippen MR) is 120 cm³/mol. The molecular formula is C23H24N4OS. The summed E-state index contributed by atoms with van der Waals surface area (Å²) in [6.45, 7) is 2.42. The van der Waals surface area contributed by atoms with E-state index in [0.717, 1.165) is 16.2 Å². The van der Waals surface area contributed by atoms with Gasteiger partial charge in [0.25, 0.3) is 5.91 Å². The van der Waals surface area contributed by atoms with Crippen LogP contribution in [0.5, 0.6) is 0 Å². The van der Waals surface area contributed by atoms with Gasteiger partial charge in [0.05, 0.1) is 11.2 Å². The Bertz CT molecular complexity index is 1130. The summed E-state index contributed by atoms with van der Waals surface area (Å²) in [5.41, 5.74) is 4.59. The van der Waals surface area contributed by atoms with Crippen molar-refractivity contribution >= 4 is 33.8 Å². The lowest BCUT2D eigenvalue weighted by Gasteiger charge is -2.20. The van der Waals surface area contributed by atoms with Gasteiger partial charge in [-0.15, -0.1) is 11.3 Å². The number of fused-ring (bicyclic) bond motifs is 1. The molecule has 0 saturated heterocycles. The van der Waals surface area contributed by atoms with Crippen LogP contribution in [0.4, 0.5) is 5.69 Å². The molecule has 5 nitrogen and oxygen atoms in total. The van der Waals surface area contributed by atoms with E-state index in [0.29, 0.717) is 11.4 Å². The number of thiazole rings is 1. The number of aromatic nitrogens is 2. The van der Waals surface area contributed by atoms with Gasteiger partial charge in [0, 0.05) is 49.3 Å². The van der Waals surface area contributed by atoms with Crippen molar-refractivity contribution in [3.05, 3.63) is 81.9 Å². The fourth-order valence-electron chi connectivity index (χ4n) is 3.54. The van der Waals surface area contributed by atoms with Crippen LogP contribution in [-0.2, 0) is 0 Å². The van der Waals surface area contributed by atoms with E-state index in [1.165, 1.54) is 27.8 Å². The highest BCUT2D eigenvalue weighted by molar-refractivity contribution is 7.13. The number of carbonyl (C=O) groups excluding carboxylic acids is 1. The highest BCUT2D eigenvalue weighted by Crippen LogP contribution is 2.31. The molecule has 2 aromatic carbocycles. The second kappa shape index (κ2) is 8.09. The first-order valence-corrected chi connectivity index (χ1v) is 10.4. The largest absolute Gasteiger partial charge is 0.378 e. The summed E-state index contributed by atoms with van der Waals surface area (Å²) in [5.74, 6) is -0.0364. The standard InChI is InChI=1S/C23H24N4OS/c1-15-24-14-22(29-15)23(28)26-12-19(16-8-10-17(11-9-16)27(2)3)20-13-25-21-7-5-4-6-18(20)21/h4-11,13-14,19,25H,12H2,1-3H3,(H,26,28). The number of hydrogen-bond donors (Lipinski definition) is 2. The Labute approximate surface area is 174 Å². The van der Waals surface area contributed by atoms with Crippen molar-refractivity contribution in [2.75, 3.05) is 25.5 Å². The van der Waals surface area contributed by atoms with Crippen LogP contribution in [0.25, 0.3) is 10.9 Å². The third-order valence-corrected chi connectivity index (χ3v) is 6.03. The van der Waals surface area contributed by atoms with E-state index >= 15 is 0 Å². The Hall–Kier alpha value is -3.12. The van der Waals surface area contributed by atoms with Crippen LogP contribution in [-0.4, -0.2) is 36.5 Å². The lowest BCUT2D eigenvalue weighted by Crippen LogP contribution is -2.28. The molecule has 0 aliphatic heterocycles. The predicted octanol–water partition coefficient (Wildman–Crippen LogP) is 4.56. The number of nitrogens with zero attached hydrogens (tertiary/aromatic N) is 2. The van der Waals surface area contributed by atoms with Gasteiger partial charge in [0.15, 0.2) is 0 Å². The number of aryl methyl sites for hydroxylation is 1. The maximum Gasteiger partial charge on any atom is 0.263 e. The number of hydrogen-bond acceptors (Lipinski definition) is 4. The lowest BCUT2D eigenvalue weighted by atomic mass is 9.90. The van der Waals surface area contributed by atoms with Crippen LogP contribution in [0.2, 0.25) is 0 Å². The molecule has 0 spiro atoms. The third kappa shape index (κ3) is 4.03. The van der Waals surface area contributed by atoms with E-state index in [1.54, 1.807) is 6.20 Å². The summed E-state index contributed by atoms with van der Waals surface area (Å²) < 4.78 is 0. The SMILES string of the molecule is Cc1ncc(C(=O)NCC(c2ccc(N(C)C)cc2)c2c[nH]c3ccccc23)s1. The number of nitrogens with one attached hydrogen (secondary N) is 2. The lowest BCUT2D eigenvalue weighted by molar-refractivity contribution is 0.0956. The minimum absolute atomic E-state index is 0.0420. The highest BCUT2D eigenvalue weighted by Gasteiger charge is 2.20. The molecule has 2 aromatic heterocycles. The van der Waals surface area contributed by atoms with Gasteiger partial charge in [-0.1, -0.05) is 30.3 Å².